The van der Waals surface area contributed by atoms with E-state index in [-0.39, 0.29) is 17.1 Å². The Balaban J connectivity index is 2.26. The molecule has 7 heteroatoms. The number of benzene rings is 1. The van der Waals surface area contributed by atoms with Crippen molar-refractivity contribution < 1.29 is 14.3 Å². The lowest BCUT2D eigenvalue weighted by molar-refractivity contribution is 0.0697. The van der Waals surface area contributed by atoms with Crippen LogP contribution >= 0.6 is 15.9 Å². The van der Waals surface area contributed by atoms with E-state index in [0.717, 1.165) is 0 Å². The first-order valence-corrected chi connectivity index (χ1v) is 6.77. The van der Waals surface area contributed by atoms with Gasteiger partial charge in [0.15, 0.2) is 5.82 Å². The summed E-state index contributed by atoms with van der Waals surface area (Å²) in [4.78, 5) is 11.3. The molecule has 1 aromatic carbocycles. The van der Waals surface area contributed by atoms with Crippen LogP contribution in [0.1, 0.15) is 10.4 Å². The van der Waals surface area contributed by atoms with E-state index in [9.17, 15) is 14.3 Å². The number of hydrogen-bond acceptors (Lipinski definition) is 2. The summed E-state index contributed by atoms with van der Waals surface area (Å²) in [6, 6.07) is 8.00. The highest BCUT2D eigenvalue weighted by atomic mass is 79.9. The van der Waals surface area contributed by atoms with E-state index in [1.807, 2.05) is 0 Å². The van der Waals surface area contributed by atoms with Gasteiger partial charge in [-0.05, 0) is 30.3 Å². The van der Waals surface area contributed by atoms with Crippen molar-refractivity contribution in [1.29, 1.82) is 0 Å². The molecular weight excluding hydrogens is 341 g/mol. The van der Waals surface area contributed by atoms with Gasteiger partial charge in [0, 0.05) is 16.9 Å². The molecule has 21 heavy (non-hydrogen) atoms. The van der Waals surface area contributed by atoms with Crippen LogP contribution in [0.4, 0.5) is 4.39 Å². The summed E-state index contributed by atoms with van der Waals surface area (Å²) in [6.07, 6.45) is 4.56. The molecule has 2 heterocycles. The third kappa shape index (κ3) is 2.36. The fraction of sp³-hybridized carbons (Fsp3) is 0. The SMILES string of the molecule is O=C(O)c1cnn(-c2ccc(Br)cc2F)c1-n1cccc1. The van der Waals surface area contributed by atoms with Crippen molar-refractivity contribution in [2.45, 2.75) is 0 Å². The van der Waals surface area contributed by atoms with Gasteiger partial charge in [-0.3, -0.25) is 0 Å². The fourth-order valence-corrected chi connectivity index (χ4v) is 2.38. The molecule has 0 saturated carbocycles. The number of carboxylic acids is 1. The zero-order valence-electron chi connectivity index (χ0n) is 10.6. The zero-order chi connectivity index (χ0) is 15.0. The number of aromatic nitrogens is 3. The van der Waals surface area contributed by atoms with Gasteiger partial charge >= 0.3 is 5.97 Å². The minimum absolute atomic E-state index is 0.00600. The number of carboxylic acid groups (broad SMARTS) is 1. The smallest absolute Gasteiger partial charge is 0.341 e. The minimum Gasteiger partial charge on any atom is -0.477 e. The van der Waals surface area contributed by atoms with Crippen molar-refractivity contribution >= 4 is 21.9 Å². The molecule has 0 bridgehead atoms. The van der Waals surface area contributed by atoms with Crippen LogP contribution in [0.3, 0.4) is 0 Å². The van der Waals surface area contributed by atoms with Crippen molar-refractivity contribution in [3.63, 3.8) is 0 Å². The maximum Gasteiger partial charge on any atom is 0.341 e. The van der Waals surface area contributed by atoms with Crippen LogP contribution in [0.2, 0.25) is 0 Å². The van der Waals surface area contributed by atoms with Crippen LogP contribution in [0.25, 0.3) is 11.5 Å². The van der Waals surface area contributed by atoms with Gasteiger partial charge in [-0.2, -0.15) is 5.10 Å². The van der Waals surface area contributed by atoms with E-state index in [2.05, 4.69) is 21.0 Å². The quantitative estimate of drug-likeness (QED) is 0.789. The molecule has 0 amide bonds. The number of hydrogen-bond donors (Lipinski definition) is 1. The maximum atomic E-state index is 14.1. The standard InChI is InChI=1S/C14H9BrFN3O2/c15-9-3-4-12(11(16)7-9)19-13(18-5-1-2-6-18)10(8-17-19)14(20)21/h1-8H,(H,20,21). The Hall–Kier alpha value is -2.41. The van der Waals surface area contributed by atoms with Crippen molar-refractivity contribution in [3.05, 3.63) is 64.8 Å². The van der Waals surface area contributed by atoms with Gasteiger partial charge in [0.1, 0.15) is 17.1 Å². The van der Waals surface area contributed by atoms with Crippen LogP contribution in [0.5, 0.6) is 0 Å². The molecule has 0 unspecified atom stereocenters. The molecule has 0 saturated heterocycles. The van der Waals surface area contributed by atoms with E-state index in [0.29, 0.717) is 4.47 Å². The maximum absolute atomic E-state index is 14.1. The number of aromatic carboxylic acids is 1. The highest BCUT2D eigenvalue weighted by Gasteiger charge is 2.20. The molecule has 0 aliphatic rings. The van der Waals surface area contributed by atoms with Gasteiger partial charge in [-0.15, -0.1) is 0 Å². The molecular formula is C14H9BrFN3O2. The van der Waals surface area contributed by atoms with Crippen molar-refractivity contribution in [1.82, 2.24) is 14.3 Å². The van der Waals surface area contributed by atoms with Crippen LogP contribution in [0, 0.1) is 5.82 Å². The van der Waals surface area contributed by atoms with Gasteiger partial charge in [0.25, 0.3) is 0 Å². The molecule has 2 aromatic heterocycles. The van der Waals surface area contributed by atoms with E-state index < -0.39 is 11.8 Å². The van der Waals surface area contributed by atoms with Gasteiger partial charge in [0.2, 0.25) is 0 Å². The molecule has 3 aromatic rings. The Morgan fingerprint density at radius 2 is 2.00 bits per heavy atom. The highest BCUT2D eigenvalue weighted by molar-refractivity contribution is 9.10. The van der Waals surface area contributed by atoms with Crippen LogP contribution in [0.15, 0.2) is 53.4 Å². The van der Waals surface area contributed by atoms with Crippen LogP contribution in [-0.2, 0) is 0 Å². The van der Waals surface area contributed by atoms with Gasteiger partial charge in [-0.25, -0.2) is 13.9 Å². The Morgan fingerprint density at radius 3 is 2.62 bits per heavy atom. The Kier molecular flexibility index (Phi) is 3.34. The molecule has 0 aliphatic carbocycles. The average Bonchev–Trinajstić information content (AvgIpc) is 3.06. The summed E-state index contributed by atoms with van der Waals surface area (Å²) in [5, 5.41) is 13.3. The minimum atomic E-state index is -1.12. The monoisotopic (exact) mass is 349 g/mol. The number of nitrogens with zero attached hydrogens (tertiary/aromatic N) is 3. The highest BCUT2D eigenvalue weighted by Crippen LogP contribution is 2.23. The topological polar surface area (TPSA) is 60.0 Å². The molecule has 0 atom stereocenters. The predicted octanol–water partition coefficient (Wildman–Crippen LogP) is 3.26. The van der Waals surface area contributed by atoms with Crippen molar-refractivity contribution in [2.24, 2.45) is 0 Å². The largest absolute Gasteiger partial charge is 0.477 e. The third-order valence-corrected chi connectivity index (χ3v) is 3.45. The molecule has 0 spiro atoms. The summed E-state index contributed by atoms with van der Waals surface area (Å²) in [5.74, 6) is -1.35. The molecule has 3 rings (SSSR count). The number of carbonyl (C=O) groups is 1. The lowest BCUT2D eigenvalue weighted by Gasteiger charge is -2.10. The lowest BCUT2D eigenvalue weighted by Crippen LogP contribution is -2.09. The second kappa shape index (κ2) is 5.17. The molecule has 1 N–H and O–H groups in total. The first kappa shape index (κ1) is 13.6. The summed E-state index contributed by atoms with van der Waals surface area (Å²) in [7, 11) is 0. The number of halogens is 2. The summed E-state index contributed by atoms with van der Waals surface area (Å²) in [5.41, 5.74) is 0.169. The van der Waals surface area contributed by atoms with E-state index in [1.54, 1.807) is 35.2 Å². The van der Waals surface area contributed by atoms with Gasteiger partial charge in [0.05, 0.1) is 6.20 Å². The van der Waals surface area contributed by atoms with Crippen LogP contribution in [-0.4, -0.2) is 25.4 Å². The fourth-order valence-electron chi connectivity index (χ4n) is 2.05. The third-order valence-electron chi connectivity index (χ3n) is 2.96. The van der Waals surface area contributed by atoms with E-state index >= 15 is 0 Å². The second-order valence-electron chi connectivity index (χ2n) is 4.28. The van der Waals surface area contributed by atoms with Crippen LogP contribution < -0.4 is 0 Å². The van der Waals surface area contributed by atoms with Crippen molar-refractivity contribution in [2.75, 3.05) is 0 Å². The predicted molar refractivity (Wildman–Crippen MR) is 77.5 cm³/mol. The number of rotatable bonds is 3. The molecule has 0 radical (unpaired) electrons. The summed E-state index contributed by atoms with van der Waals surface area (Å²) < 4.78 is 17.6. The van der Waals surface area contributed by atoms with Crippen molar-refractivity contribution in [3.8, 4) is 11.5 Å². The second-order valence-corrected chi connectivity index (χ2v) is 5.20. The molecule has 5 nitrogen and oxygen atoms in total. The van der Waals surface area contributed by atoms with Gasteiger partial charge < -0.3 is 9.67 Å². The Morgan fingerprint density at radius 1 is 1.29 bits per heavy atom. The lowest BCUT2D eigenvalue weighted by atomic mass is 10.3. The zero-order valence-corrected chi connectivity index (χ0v) is 12.2. The Labute approximate surface area is 127 Å². The first-order valence-electron chi connectivity index (χ1n) is 5.98. The molecule has 106 valence electrons. The average molecular weight is 350 g/mol. The van der Waals surface area contributed by atoms with E-state index in [1.165, 1.54) is 23.0 Å². The first-order chi connectivity index (χ1) is 10.1. The Bertz CT molecular complexity index is 812. The summed E-state index contributed by atoms with van der Waals surface area (Å²) in [6.45, 7) is 0. The van der Waals surface area contributed by atoms with E-state index in [4.69, 9.17) is 0 Å². The normalized spacial score (nSPS) is 10.8. The summed E-state index contributed by atoms with van der Waals surface area (Å²) >= 11 is 3.19. The molecule has 0 fully saturated rings. The molecule has 0 aliphatic heterocycles. The van der Waals surface area contributed by atoms with Gasteiger partial charge in [-0.1, -0.05) is 15.9 Å².